The maximum atomic E-state index is 9.85. The van der Waals surface area contributed by atoms with Gasteiger partial charge in [-0.1, -0.05) is 78.9 Å². The van der Waals surface area contributed by atoms with E-state index in [0.717, 1.165) is 40.9 Å². The molecular formula is C40H34N4. The van der Waals surface area contributed by atoms with Crippen LogP contribution < -0.4 is 0 Å². The molecule has 1 aromatic heterocycles. The Morgan fingerprint density at radius 2 is 1.27 bits per heavy atom. The average molecular weight is 571 g/mol. The Kier molecular flexibility index (Phi) is 5.85. The highest BCUT2D eigenvalue weighted by Crippen LogP contribution is 2.66. The Morgan fingerprint density at radius 1 is 0.659 bits per heavy atom. The van der Waals surface area contributed by atoms with Crippen LogP contribution in [0.4, 0.5) is 0 Å². The minimum Gasteiger partial charge on any atom is -0.208 e. The first-order chi connectivity index (χ1) is 21.7. The molecule has 6 aliphatic carbocycles. The normalized spacial score (nSPS) is 27.8. The number of nitriles is 1. The molecule has 1 atom stereocenters. The van der Waals surface area contributed by atoms with E-state index < -0.39 is 0 Å². The molecule has 4 bridgehead atoms. The van der Waals surface area contributed by atoms with Crippen LogP contribution >= 0.6 is 0 Å². The second kappa shape index (κ2) is 9.96. The molecule has 1 unspecified atom stereocenters. The molecule has 4 aromatic rings. The van der Waals surface area contributed by atoms with Gasteiger partial charge in [-0.05, 0) is 109 Å². The number of allylic oxidation sites excluding steroid dienone is 6. The van der Waals surface area contributed by atoms with Gasteiger partial charge in [0.2, 0.25) is 0 Å². The molecule has 0 radical (unpaired) electrons. The van der Waals surface area contributed by atoms with Crippen molar-refractivity contribution in [2.24, 2.45) is 29.1 Å². The van der Waals surface area contributed by atoms with Crippen molar-refractivity contribution in [2.75, 3.05) is 0 Å². The Morgan fingerprint density at radius 3 is 2.00 bits per heavy atom. The summed E-state index contributed by atoms with van der Waals surface area (Å²) in [6.45, 7) is 0. The fourth-order valence-electron chi connectivity index (χ4n) is 9.59. The fourth-order valence-corrected chi connectivity index (χ4v) is 9.59. The van der Waals surface area contributed by atoms with Gasteiger partial charge in [0.1, 0.15) is 0 Å². The molecule has 44 heavy (non-hydrogen) atoms. The van der Waals surface area contributed by atoms with Crippen LogP contribution in [0.3, 0.4) is 0 Å². The zero-order valence-electron chi connectivity index (χ0n) is 24.8. The van der Waals surface area contributed by atoms with Gasteiger partial charge in [-0.2, -0.15) is 5.26 Å². The van der Waals surface area contributed by atoms with E-state index in [4.69, 9.17) is 15.0 Å². The molecule has 0 aliphatic heterocycles. The van der Waals surface area contributed by atoms with E-state index in [1.807, 2.05) is 54.6 Å². The van der Waals surface area contributed by atoms with Crippen molar-refractivity contribution in [3.63, 3.8) is 0 Å². The minimum absolute atomic E-state index is 0.363. The number of hydrogen-bond acceptors (Lipinski definition) is 4. The highest BCUT2D eigenvalue weighted by molar-refractivity contribution is 5.94. The topological polar surface area (TPSA) is 62.5 Å². The van der Waals surface area contributed by atoms with Gasteiger partial charge >= 0.3 is 0 Å². The van der Waals surface area contributed by atoms with E-state index in [0.29, 0.717) is 34.4 Å². The molecule has 0 spiro atoms. The van der Waals surface area contributed by atoms with Crippen LogP contribution in [-0.4, -0.2) is 15.0 Å². The predicted octanol–water partition coefficient (Wildman–Crippen LogP) is 9.18. The summed E-state index contributed by atoms with van der Waals surface area (Å²) in [7, 11) is 0. The molecule has 0 saturated heterocycles. The van der Waals surface area contributed by atoms with Crippen molar-refractivity contribution in [3.05, 3.63) is 120 Å². The third-order valence-electron chi connectivity index (χ3n) is 11.0. The highest BCUT2D eigenvalue weighted by atomic mass is 15.0. The maximum absolute atomic E-state index is 9.85. The summed E-state index contributed by atoms with van der Waals surface area (Å²) >= 11 is 0. The van der Waals surface area contributed by atoms with Gasteiger partial charge in [-0.15, -0.1) is 0 Å². The van der Waals surface area contributed by atoms with Crippen molar-refractivity contribution in [2.45, 2.75) is 44.9 Å². The van der Waals surface area contributed by atoms with Crippen LogP contribution in [0.25, 0.3) is 39.5 Å². The molecule has 1 heterocycles. The van der Waals surface area contributed by atoms with E-state index in [-0.39, 0.29) is 0 Å². The van der Waals surface area contributed by atoms with E-state index in [1.54, 1.807) is 5.57 Å². The molecule has 0 amide bonds. The van der Waals surface area contributed by atoms with Crippen molar-refractivity contribution < 1.29 is 0 Å². The quantitative estimate of drug-likeness (QED) is 0.245. The number of nitrogens with zero attached hydrogens (tertiary/aromatic N) is 4. The number of aromatic nitrogens is 3. The summed E-state index contributed by atoms with van der Waals surface area (Å²) in [4.78, 5) is 14.9. The van der Waals surface area contributed by atoms with Gasteiger partial charge in [-0.3, -0.25) is 0 Å². The van der Waals surface area contributed by atoms with Crippen LogP contribution in [0.15, 0.2) is 97.1 Å². The second-order valence-electron chi connectivity index (χ2n) is 13.8. The van der Waals surface area contributed by atoms with Gasteiger partial charge in [0.05, 0.1) is 11.6 Å². The molecule has 6 aliphatic rings. The predicted molar refractivity (Wildman–Crippen MR) is 174 cm³/mol. The Hall–Kier alpha value is -4.62. The molecule has 4 fully saturated rings. The second-order valence-corrected chi connectivity index (χ2v) is 13.8. The SMILES string of the molecule is N#Cc1ccccc1-c1nc(C2=CCC3C=C(C45CC6CC(CC(C6)C4)C5)c4ccccc4C3=C2)nc(-c2ccccc2)n1. The summed E-state index contributed by atoms with van der Waals surface area (Å²) in [5.74, 6) is 4.94. The summed E-state index contributed by atoms with van der Waals surface area (Å²) in [6.07, 6.45) is 16.8. The number of hydrogen-bond donors (Lipinski definition) is 0. The Bertz CT molecular complexity index is 1900. The lowest BCUT2D eigenvalue weighted by molar-refractivity contribution is -0.0180. The standard InChI is InChI=1S/C40H34N4/c41-24-31-10-4-5-11-32(31)39-43-37(28-8-2-1-3-9-28)42-38(44-39)30-15-14-29-20-36(34-13-7-6-12-33(34)35(29)19-30)40-21-25-16-26(22-40)18-27(17-25)23-40/h1-13,15,19-20,25-27,29H,14,16-18,21-23H2. The zero-order chi connectivity index (χ0) is 29.3. The van der Waals surface area contributed by atoms with Crippen LogP contribution in [0.1, 0.15) is 67.5 Å². The smallest absolute Gasteiger partial charge is 0.165 e. The van der Waals surface area contributed by atoms with Crippen LogP contribution in [0.2, 0.25) is 0 Å². The third-order valence-corrected chi connectivity index (χ3v) is 11.0. The van der Waals surface area contributed by atoms with Crippen LogP contribution in [0.5, 0.6) is 0 Å². The first-order valence-electron chi connectivity index (χ1n) is 16.2. The molecule has 4 heteroatoms. The van der Waals surface area contributed by atoms with Gasteiger partial charge < -0.3 is 0 Å². The summed E-state index contributed by atoms with van der Waals surface area (Å²) < 4.78 is 0. The lowest BCUT2D eigenvalue weighted by Crippen LogP contribution is -2.47. The molecule has 3 aromatic carbocycles. The first-order valence-corrected chi connectivity index (χ1v) is 16.2. The molecule has 10 rings (SSSR count). The molecule has 4 nitrogen and oxygen atoms in total. The summed E-state index contributed by atoms with van der Waals surface area (Å²) in [5, 5.41) is 9.85. The monoisotopic (exact) mass is 570 g/mol. The van der Waals surface area contributed by atoms with Crippen molar-refractivity contribution in [1.29, 1.82) is 5.26 Å². The largest absolute Gasteiger partial charge is 0.208 e. The molecule has 4 saturated carbocycles. The first kappa shape index (κ1) is 25.8. The van der Waals surface area contributed by atoms with Gasteiger partial charge in [0, 0.05) is 22.6 Å². The van der Waals surface area contributed by atoms with E-state index >= 15 is 0 Å². The van der Waals surface area contributed by atoms with Crippen molar-refractivity contribution >= 4 is 16.7 Å². The highest BCUT2D eigenvalue weighted by Gasteiger charge is 2.53. The lowest BCUT2D eigenvalue weighted by atomic mass is 9.46. The summed E-state index contributed by atoms with van der Waals surface area (Å²) in [5.41, 5.74) is 9.44. The fraction of sp³-hybridized carbons (Fsp3) is 0.300. The van der Waals surface area contributed by atoms with Crippen LogP contribution in [-0.2, 0) is 0 Å². The maximum Gasteiger partial charge on any atom is 0.165 e. The molecular weight excluding hydrogens is 536 g/mol. The number of fused-ring (bicyclic) bond motifs is 3. The third kappa shape index (κ3) is 4.14. The average Bonchev–Trinajstić information content (AvgIpc) is 3.07. The Balaban J connectivity index is 1.15. The van der Waals surface area contributed by atoms with Gasteiger partial charge in [0.15, 0.2) is 17.5 Å². The van der Waals surface area contributed by atoms with Gasteiger partial charge in [-0.25, -0.2) is 15.0 Å². The van der Waals surface area contributed by atoms with E-state index in [2.05, 4.69) is 48.6 Å². The number of rotatable bonds is 4. The van der Waals surface area contributed by atoms with E-state index in [9.17, 15) is 5.26 Å². The minimum atomic E-state index is 0.363. The van der Waals surface area contributed by atoms with E-state index in [1.165, 1.54) is 55.2 Å². The summed E-state index contributed by atoms with van der Waals surface area (Å²) in [6, 6.07) is 29.1. The van der Waals surface area contributed by atoms with Crippen LogP contribution in [0, 0.1) is 40.4 Å². The zero-order valence-corrected chi connectivity index (χ0v) is 24.8. The molecule has 214 valence electrons. The molecule has 0 N–H and O–H groups in total. The van der Waals surface area contributed by atoms with Crippen molar-refractivity contribution in [1.82, 2.24) is 15.0 Å². The Labute approximate surface area is 258 Å². The van der Waals surface area contributed by atoms with Crippen molar-refractivity contribution in [3.8, 4) is 28.8 Å². The van der Waals surface area contributed by atoms with Gasteiger partial charge in [0.25, 0.3) is 0 Å². The lowest BCUT2D eigenvalue weighted by Gasteiger charge is -2.58. The number of benzene rings is 3.